The molecule has 1 aliphatic rings. The highest BCUT2D eigenvalue weighted by molar-refractivity contribution is 5.27. The van der Waals surface area contributed by atoms with Gasteiger partial charge in [0, 0.05) is 0 Å². The van der Waals surface area contributed by atoms with E-state index in [-0.39, 0.29) is 12.8 Å². The summed E-state index contributed by atoms with van der Waals surface area (Å²) >= 11 is 0. The van der Waals surface area contributed by atoms with Gasteiger partial charge in [0.1, 0.15) is 0 Å². The normalized spacial score (nSPS) is 28.4. The van der Waals surface area contributed by atoms with Gasteiger partial charge in [0.25, 0.3) is 0 Å². The molecule has 0 saturated heterocycles. The molecular formula is C15H19F3O. The number of aryl methyl sites for hydroxylation is 1. The molecule has 0 heterocycles. The van der Waals surface area contributed by atoms with Crippen molar-refractivity contribution >= 4 is 0 Å². The van der Waals surface area contributed by atoms with E-state index in [1.54, 1.807) is 12.1 Å². The molecule has 1 saturated carbocycles. The Morgan fingerprint density at radius 1 is 1.26 bits per heavy atom. The molecule has 1 aromatic carbocycles. The maximum atomic E-state index is 12.8. The molecule has 0 amide bonds. The molecule has 0 spiro atoms. The third-order valence-electron chi connectivity index (χ3n) is 4.09. The average molecular weight is 272 g/mol. The van der Waals surface area contributed by atoms with Crippen LogP contribution in [0.4, 0.5) is 13.2 Å². The van der Waals surface area contributed by atoms with Crippen molar-refractivity contribution in [3.05, 3.63) is 35.4 Å². The maximum absolute atomic E-state index is 12.8. The minimum absolute atomic E-state index is 0.124. The Bertz CT molecular complexity index is 424. The van der Waals surface area contributed by atoms with Crippen LogP contribution in [0.1, 0.15) is 43.7 Å². The highest BCUT2D eigenvalue weighted by Gasteiger charge is 2.47. The summed E-state index contributed by atoms with van der Waals surface area (Å²) in [6.07, 6.45) is -2.61. The standard InChI is InChI=1S/C15H19F3O/c1-2-11-5-7-12(8-6-11)14(19)9-3-4-13(10-14)15(16,17)18/h5-8,13,19H,2-4,9-10H2,1H3. The molecule has 1 N–H and O–H groups in total. The highest BCUT2D eigenvalue weighted by Crippen LogP contribution is 2.46. The van der Waals surface area contributed by atoms with Gasteiger partial charge in [0.2, 0.25) is 0 Å². The van der Waals surface area contributed by atoms with E-state index in [1.165, 1.54) is 0 Å². The molecule has 1 fully saturated rings. The van der Waals surface area contributed by atoms with E-state index >= 15 is 0 Å². The van der Waals surface area contributed by atoms with Crippen LogP contribution in [-0.2, 0) is 12.0 Å². The lowest BCUT2D eigenvalue weighted by molar-refractivity contribution is -0.201. The molecule has 1 nitrogen and oxygen atoms in total. The highest BCUT2D eigenvalue weighted by atomic mass is 19.4. The average Bonchev–Trinajstić information content (AvgIpc) is 2.38. The van der Waals surface area contributed by atoms with E-state index < -0.39 is 17.7 Å². The van der Waals surface area contributed by atoms with Gasteiger partial charge in [-0.2, -0.15) is 13.2 Å². The first kappa shape index (κ1) is 14.4. The molecule has 0 radical (unpaired) electrons. The number of rotatable bonds is 2. The fraction of sp³-hybridized carbons (Fsp3) is 0.600. The zero-order valence-corrected chi connectivity index (χ0v) is 11.0. The lowest BCUT2D eigenvalue weighted by atomic mass is 9.74. The van der Waals surface area contributed by atoms with Gasteiger partial charge in [-0.15, -0.1) is 0 Å². The van der Waals surface area contributed by atoms with Crippen LogP contribution in [0.25, 0.3) is 0 Å². The van der Waals surface area contributed by atoms with Crippen molar-refractivity contribution in [1.29, 1.82) is 0 Å². The smallest absolute Gasteiger partial charge is 0.385 e. The maximum Gasteiger partial charge on any atom is 0.391 e. The first-order valence-corrected chi connectivity index (χ1v) is 6.73. The lowest BCUT2D eigenvalue weighted by Gasteiger charge is -2.38. The minimum atomic E-state index is -4.21. The molecule has 106 valence electrons. The summed E-state index contributed by atoms with van der Waals surface area (Å²) in [6.45, 7) is 2.02. The molecule has 19 heavy (non-hydrogen) atoms. The van der Waals surface area contributed by atoms with E-state index in [0.29, 0.717) is 18.4 Å². The van der Waals surface area contributed by atoms with Gasteiger partial charge in [-0.3, -0.25) is 0 Å². The summed E-state index contributed by atoms with van der Waals surface area (Å²) < 4.78 is 38.4. The number of hydrogen-bond acceptors (Lipinski definition) is 1. The number of halogens is 3. The van der Waals surface area contributed by atoms with E-state index in [4.69, 9.17) is 0 Å². The topological polar surface area (TPSA) is 20.2 Å². The summed E-state index contributed by atoms with van der Waals surface area (Å²) in [6, 6.07) is 7.28. The molecule has 1 aromatic rings. The molecule has 1 aliphatic carbocycles. The molecule has 0 aliphatic heterocycles. The fourth-order valence-corrected chi connectivity index (χ4v) is 2.84. The first-order valence-electron chi connectivity index (χ1n) is 6.73. The Morgan fingerprint density at radius 3 is 2.42 bits per heavy atom. The van der Waals surface area contributed by atoms with Crippen LogP contribution in [0.3, 0.4) is 0 Å². The number of hydrogen-bond donors (Lipinski definition) is 1. The molecule has 2 atom stereocenters. The van der Waals surface area contributed by atoms with Crippen LogP contribution >= 0.6 is 0 Å². The van der Waals surface area contributed by atoms with Crippen molar-refractivity contribution in [3.8, 4) is 0 Å². The molecular weight excluding hydrogens is 253 g/mol. The van der Waals surface area contributed by atoms with Gasteiger partial charge in [0.05, 0.1) is 11.5 Å². The summed E-state index contributed by atoms with van der Waals surface area (Å²) in [7, 11) is 0. The lowest BCUT2D eigenvalue weighted by Crippen LogP contribution is -2.38. The van der Waals surface area contributed by atoms with E-state index in [0.717, 1.165) is 12.0 Å². The third kappa shape index (κ3) is 3.11. The van der Waals surface area contributed by atoms with Crippen LogP contribution in [0, 0.1) is 5.92 Å². The van der Waals surface area contributed by atoms with Crippen molar-refractivity contribution in [3.63, 3.8) is 0 Å². The Labute approximate surface area is 111 Å². The molecule has 4 heteroatoms. The predicted octanol–water partition coefficient (Wildman–Crippen LogP) is 4.19. The van der Waals surface area contributed by atoms with Gasteiger partial charge in [-0.05, 0) is 43.2 Å². The second kappa shape index (κ2) is 5.16. The van der Waals surface area contributed by atoms with E-state index in [9.17, 15) is 18.3 Å². The minimum Gasteiger partial charge on any atom is -0.385 e. The van der Waals surface area contributed by atoms with Crippen molar-refractivity contribution in [2.75, 3.05) is 0 Å². The van der Waals surface area contributed by atoms with Crippen LogP contribution in [0.5, 0.6) is 0 Å². The largest absolute Gasteiger partial charge is 0.391 e. The quantitative estimate of drug-likeness (QED) is 0.856. The summed E-state index contributed by atoms with van der Waals surface area (Å²) in [5.74, 6) is -1.39. The van der Waals surface area contributed by atoms with Crippen LogP contribution < -0.4 is 0 Å². The van der Waals surface area contributed by atoms with Crippen LogP contribution in [0.2, 0.25) is 0 Å². The van der Waals surface area contributed by atoms with Crippen molar-refractivity contribution in [2.45, 2.75) is 50.8 Å². The Kier molecular flexibility index (Phi) is 3.90. The van der Waals surface area contributed by atoms with Gasteiger partial charge in [0.15, 0.2) is 0 Å². The van der Waals surface area contributed by atoms with Crippen molar-refractivity contribution < 1.29 is 18.3 Å². The zero-order chi connectivity index (χ0) is 14.1. The molecule has 2 unspecified atom stereocenters. The predicted molar refractivity (Wildman–Crippen MR) is 67.7 cm³/mol. The molecule has 2 rings (SSSR count). The molecule has 0 bridgehead atoms. The second-order valence-electron chi connectivity index (χ2n) is 5.42. The van der Waals surface area contributed by atoms with Crippen LogP contribution in [-0.4, -0.2) is 11.3 Å². The van der Waals surface area contributed by atoms with Gasteiger partial charge >= 0.3 is 6.18 Å². The van der Waals surface area contributed by atoms with Crippen LogP contribution in [0.15, 0.2) is 24.3 Å². The second-order valence-corrected chi connectivity index (χ2v) is 5.42. The van der Waals surface area contributed by atoms with E-state index in [1.807, 2.05) is 19.1 Å². The van der Waals surface area contributed by atoms with E-state index in [2.05, 4.69) is 0 Å². The van der Waals surface area contributed by atoms with Gasteiger partial charge in [-0.1, -0.05) is 31.2 Å². The van der Waals surface area contributed by atoms with Gasteiger partial charge < -0.3 is 5.11 Å². The Morgan fingerprint density at radius 2 is 1.89 bits per heavy atom. The summed E-state index contributed by atoms with van der Waals surface area (Å²) in [5, 5.41) is 10.5. The SMILES string of the molecule is CCc1ccc(C2(O)CCCC(C(F)(F)F)C2)cc1. The third-order valence-corrected chi connectivity index (χ3v) is 4.09. The van der Waals surface area contributed by atoms with Crippen molar-refractivity contribution in [1.82, 2.24) is 0 Å². The monoisotopic (exact) mass is 272 g/mol. The Balaban J connectivity index is 2.21. The number of benzene rings is 1. The summed E-state index contributed by atoms with van der Waals surface area (Å²) in [4.78, 5) is 0. The first-order chi connectivity index (χ1) is 8.85. The van der Waals surface area contributed by atoms with Crippen molar-refractivity contribution in [2.24, 2.45) is 5.92 Å². The number of aliphatic hydroxyl groups is 1. The van der Waals surface area contributed by atoms with Gasteiger partial charge in [-0.25, -0.2) is 0 Å². The Hall–Kier alpha value is -1.03. The summed E-state index contributed by atoms with van der Waals surface area (Å²) in [5.41, 5.74) is 0.402. The zero-order valence-electron chi connectivity index (χ0n) is 11.0. The fourth-order valence-electron chi connectivity index (χ4n) is 2.84. The number of alkyl halides is 3. The molecule has 0 aromatic heterocycles.